The monoisotopic (exact) mass is 400 g/mol. The minimum atomic E-state index is 1.04. The van der Waals surface area contributed by atoms with Crippen molar-refractivity contribution in [2.75, 3.05) is 0 Å². The Balaban J connectivity index is 1.19. The van der Waals surface area contributed by atoms with E-state index in [-0.39, 0.29) is 0 Å². The van der Waals surface area contributed by atoms with Crippen LogP contribution in [0.1, 0.15) is 136 Å². The lowest BCUT2D eigenvalue weighted by Crippen LogP contribution is -2.25. The molecule has 0 atom stereocenters. The lowest BCUT2D eigenvalue weighted by atomic mass is 9.68. The van der Waals surface area contributed by atoms with Crippen molar-refractivity contribution in [1.82, 2.24) is 0 Å². The fraction of sp³-hybridized carbons (Fsp3) is 0.931. The average molecular weight is 401 g/mol. The molecule has 3 saturated carbocycles. The Morgan fingerprint density at radius 2 is 0.966 bits per heavy atom. The van der Waals surface area contributed by atoms with Gasteiger partial charge in [-0.2, -0.15) is 0 Å². The molecule has 29 heavy (non-hydrogen) atoms. The summed E-state index contributed by atoms with van der Waals surface area (Å²) in [6.07, 6.45) is 33.5. The Kier molecular flexibility index (Phi) is 10.7. The van der Waals surface area contributed by atoms with Crippen molar-refractivity contribution in [2.45, 2.75) is 136 Å². The van der Waals surface area contributed by atoms with Crippen molar-refractivity contribution < 1.29 is 0 Å². The van der Waals surface area contributed by atoms with Crippen LogP contribution >= 0.6 is 0 Å². The molecule has 0 amide bonds. The van der Waals surface area contributed by atoms with Gasteiger partial charge in [0.25, 0.3) is 0 Å². The van der Waals surface area contributed by atoms with Crippen LogP contribution in [0.5, 0.6) is 0 Å². The van der Waals surface area contributed by atoms with Crippen molar-refractivity contribution in [3.05, 3.63) is 12.2 Å². The van der Waals surface area contributed by atoms with Crippen LogP contribution in [0.4, 0.5) is 0 Å². The van der Waals surface area contributed by atoms with Crippen LogP contribution in [0.25, 0.3) is 0 Å². The van der Waals surface area contributed by atoms with Gasteiger partial charge in [0.2, 0.25) is 0 Å². The molecule has 0 aromatic rings. The van der Waals surface area contributed by atoms with Crippen molar-refractivity contribution in [3.63, 3.8) is 0 Å². The normalized spacial score (nSPS) is 36.5. The van der Waals surface area contributed by atoms with Gasteiger partial charge in [-0.25, -0.2) is 0 Å². The first-order valence-corrected chi connectivity index (χ1v) is 13.9. The zero-order valence-corrected chi connectivity index (χ0v) is 20.1. The molecular formula is C29H52. The maximum Gasteiger partial charge on any atom is -0.0348 e. The highest BCUT2D eigenvalue weighted by atomic mass is 14.4. The molecule has 0 spiro atoms. The molecular weight excluding hydrogens is 348 g/mol. The van der Waals surface area contributed by atoms with E-state index in [1.165, 1.54) is 64.2 Å². The molecule has 0 saturated heterocycles. The molecule has 0 bridgehead atoms. The summed E-state index contributed by atoms with van der Waals surface area (Å²) in [5.74, 6) is 6.46. The molecule has 0 aromatic heterocycles. The largest absolute Gasteiger partial charge is 0.0917 e. The summed E-state index contributed by atoms with van der Waals surface area (Å²) in [5.41, 5.74) is 0. The van der Waals surface area contributed by atoms with Crippen molar-refractivity contribution in [1.29, 1.82) is 0 Å². The molecule has 3 aliphatic carbocycles. The summed E-state index contributed by atoms with van der Waals surface area (Å²) in [7, 11) is 0. The predicted molar refractivity (Wildman–Crippen MR) is 129 cm³/mol. The van der Waals surface area contributed by atoms with Gasteiger partial charge in [0.1, 0.15) is 0 Å². The van der Waals surface area contributed by atoms with Crippen LogP contribution in [0.2, 0.25) is 0 Å². The van der Waals surface area contributed by atoms with Crippen LogP contribution in [-0.4, -0.2) is 0 Å². The number of rotatable bonds is 10. The van der Waals surface area contributed by atoms with E-state index >= 15 is 0 Å². The minimum absolute atomic E-state index is 1.04. The number of allylic oxidation sites excluding steroid dienone is 2. The van der Waals surface area contributed by atoms with E-state index in [4.69, 9.17) is 0 Å². The van der Waals surface area contributed by atoms with E-state index in [0.29, 0.717) is 0 Å². The summed E-state index contributed by atoms with van der Waals surface area (Å²) < 4.78 is 0. The third-order valence-electron chi connectivity index (χ3n) is 9.45. The number of hydrogen-bond donors (Lipinski definition) is 0. The first-order chi connectivity index (χ1) is 14.3. The topological polar surface area (TPSA) is 0 Å². The van der Waals surface area contributed by atoms with E-state index < -0.39 is 0 Å². The van der Waals surface area contributed by atoms with Crippen LogP contribution < -0.4 is 0 Å². The lowest BCUT2D eigenvalue weighted by molar-refractivity contribution is 0.141. The van der Waals surface area contributed by atoms with Crippen molar-refractivity contribution in [3.8, 4) is 0 Å². The van der Waals surface area contributed by atoms with Gasteiger partial charge >= 0.3 is 0 Å². The molecule has 3 fully saturated rings. The Hall–Kier alpha value is -0.260. The van der Waals surface area contributed by atoms with Gasteiger partial charge in [0.05, 0.1) is 0 Å². The van der Waals surface area contributed by atoms with Crippen LogP contribution in [0.3, 0.4) is 0 Å². The fourth-order valence-corrected chi connectivity index (χ4v) is 7.19. The van der Waals surface area contributed by atoms with E-state index in [1.54, 1.807) is 57.8 Å². The minimum Gasteiger partial charge on any atom is -0.0917 e. The zero-order valence-electron chi connectivity index (χ0n) is 20.1. The molecule has 3 aliphatic rings. The van der Waals surface area contributed by atoms with Gasteiger partial charge in [0.15, 0.2) is 0 Å². The highest BCUT2D eigenvalue weighted by Crippen LogP contribution is 2.43. The van der Waals surface area contributed by atoms with Gasteiger partial charge < -0.3 is 0 Å². The first kappa shape index (κ1) is 23.4. The van der Waals surface area contributed by atoms with Crippen molar-refractivity contribution in [2.24, 2.45) is 35.5 Å². The van der Waals surface area contributed by atoms with Gasteiger partial charge in [0, 0.05) is 0 Å². The predicted octanol–water partition coefficient (Wildman–Crippen LogP) is 9.73. The number of unbranched alkanes of at least 4 members (excludes halogenated alkanes) is 1. The summed E-state index contributed by atoms with van der Waals surface area (Å²) >= 11 is 0. The van der Waals surface area contributed by atoms with Gasteiger partial charge in [-0.3, -0.25) is 0 Å². The summed E-state index contributed by atoms with van der Waals surface area (Å²) in [4.78, 5) is 0. The smallest absolute Gasteiger partial charge is 0.0348 e. The molecule has 168 valence electrons. The Bertz CT molecular complexity index is 425. The number of hydrogen-bond acceptors (Lipinski definition) is 0. The maximum absolute atomic E-state index is 2.40. The molecule has 0 aromatic carbocycles. The van der Waals surface area contributed by atoms with Crippen LogP contribution in [0.15, 0.2) is 12.2 Å². The van der Waals surface area contributed by atoms with Crippen molar-refractivity contribution >= 4 is 0 Å². The summed E-state index contributed by atoms with van der Waals surface area (Å²) in [5, 5.41) is 0. The standard InChI is InChI=1S/C29H52/c1-3-5-6-9-25-12-14-26(15-13-25)10-7-8-11-27-18-22-29(23-19-27)28-20-16-24(4-2)17-21-28/h3,5,24-29H,4,6-23H2,1-2H3. The Morgan fingerprint density at radius 1 is 0.552 bits per heavy atom. The van der Waals surface area contributed by atoms with Crippen LogP contribution in [0, 0.1) is 35.5 Å². The third kappa shape index (κ3) is 8.06. The van der Waals surface area contributed by atoms with Gasteiger partial charge in [-0.05, 0) is 81.0 Å². The second-order valence-corrected chi connectivity index (χ2v) is 11.3. The van der Waals surface area contributed by atoms with E-state index in [1.807, 2.05) is 0 Å². The summed E-state index contributed by atoms with van der Waals surface area (Å²) in [6.45, 7) is 4.55. The van der Waals surface area contributed by atoms with E-state index in [9.17, 15) is 0 Å². The Labute approximate surface area is 183 Å². The maximum atomic E-state index is 2.40. The van der Waals surface area contributed by atoms with Crippen LogP contribution in [-0.2, 0) is 0 Å². The SMILES string of the molecule is CC=CCCC1CCC(CCCCC2CCC(C3CCC(CC)CC3)CC2)CC1. The molecule has 0 unspecified atom stereocenters. The molecule has 0 radical (unpaired) electrons. The van der Waals surface area contributed by atoms with Gasteiger partial charge in [-0.1, -0.05) is 103 Å². The molecule has 0 N–H and O–H groups in total. The first-order valence-electron chi connectivity index (χ1n) is 13.9. The molecule has 0 heterocycles. The second kappa shape index (κ2) is 13.2. The fourth-order valence-electron chi connectivity index (χ4n) is 7.19. The second-order valence-electron chi connectivity index (χ2n) is 11.3. The van der Waals surface area contributed by atoms with E-state index in [0.717, 1.165) is 35.5 Å². The summed E-state index contributed by atoms with van der Waals surface area (Å²) in [6, 6.07) is 0. The molecule has 0 aliphatic heterocycles. The highest BCUT2D eigenvalue weighted by Gasteiger charge is 2.30. The molecule has 0 heteroatoms. The zero-order chi connectivity index (χ0) is 20.3. The quantitative estimate of drug-likeness (QED) is 0.253. The van der Waals surface area contributed by atoms with Gasteiger partial charge in [-0.15, -0.1) is 0 Å². The highest BCUT2D eigenvalue weighted by molar-refractivity contribution is 4.82. The third-order valence-corrected chi connectivity index (χ3v) is 9.45. The molecule has 0 nitrogen and oxygen atoms in total. The molecule has 3 rings (SSSR count). The van der Waals surface area contributed by atoms with E-state index in [2.05, 4.69) is 26.0 Å². The average Bonchev–Trinajstić information content (AvgIpc) is 2.78. The lowest BCUT2D eigenvalue weighted by Gasteiger charge is -2.37. The Morgan fingerprint density at radius 3 is 1.41 bits per heavy atom.